The first kappa shape index (κ1) is 22.2. The predicted molar refractivity (Wildman–Crippen MR) is 124 cm³/mol. The Kier molecular flexibility index (Phi) is 6.22. The Hall–Kier alpha value is -4.00. The standard InChI is InChI=1S/C26H25NO6/c1-31-22-13-16-9-11-19(27-26(30)15-7-5-4-6-8-15)18-14-21(29)20(28)12-10-17(18)23(16)25(33-3)24(22)32-2/h4-8,10,12-14,19H,9,11H2,1-3H3,(H,27,30)(H,28,29)/t19-/m0/s1. The summed E-state index contributed by atoms with van der Waals surface area (Å²) in [5, 5.41) is 13.2. The number of carbonyl (C=O) groups excluding carboxylic acids is 1. The van der Waals surface area contributed by atoms with Crippen LogP contribution in [0.15, 0.2) is 59.4 Å². The fourth-order valence-corrected chi connectivity index (χ4v) is 4.29. The molecule has 2 N–H and O–H groups in total. The second-order valence-corrected chi connectivity index (χ2v) is 7.71. The fourth-order valence-electron chi connectivity index (χ4n) is 4.29. The topological polar surface area (TPSA) is 94.1 Å². The molecule has 0 aliphatic heterocycles. The van der Waals surface area contributed by atoms with Crippen LogP contribution in [0, 0.1) is 0 Å². The van der Waals surface area contributed by atoms with Crippen molar-refractivity contribution in [2.24, 2.45) is 0 Å². The summed E-state index contributed by atoms with van der Waals surface area (Å²) < 4.78 is 16.8. The number of aryl methyl sites for hydroxylation is 1. The van der Waals surface area contributed by atoms with Crippen LogP contribution in [0.1, 0.15) is 33.9 Å². The van der Waals surface area contributed by atoms with Crippen molar-refractivity contribution < 1.29 is 24.1 Å². The molecular weight excluding hydrogens is 422 g/mol. The fraction of sp³-hybridized carbons (Fsp3) is 0.231. The van der Waals surface area contributed by atoms with Crippen LogP contribution >= 0.6 is 0 Å². The monoisotopic (exact) mass is 447 g/mol. The van der Waals surface area contributed by atoms with Crippen molar-refractivity contribution in [3.8, 4) is 34.1 Å². The quantitative estimate of drug-likeness (QED) is 0.617. The van der Waals surface area contributed by atoms with Gasteiger partial charge >= 0.3 is 0 Å². The highest BCUT2D eigenvalue weighted by molar-refractivity contribution is 5.94. The van der Waals surface area contributed by atoms with Crippen LogP contribution in [-0.2, 0) is 6.42 Å². The average molecular weight is 447 g/mol. The third kappa shape index (κ3) is 4.09. The van der Waals surface area contributed by atoms with Crippen LogP contribution in [0.25, 0.3) is 11.1 Å². The van der Waals surface area contributed by atoms with Crippen molar-refractivity contribution in [1.29, 1.82) is 0 Å². The summed E-state index contributed by atoms with van der Waals surface area (Å²) in [6.45, 7) is 0. The zero-order chi connectivity index (χ0) is 23.5. The van der Waals surface area contributed by atoms with Crippen molar-refractivity contribution in [2.75, 3.05) is 21.3 Å². The average Bonchev–Trinajstić information content (AvgIpc) is 3.07. The third-order valence-electron chi connectivity index (χ3n) is 5.86. The second kappa shape index (κ2) is 9.24. The first-order chi connectivity index (χ1) is 16.0. The number of hydrogen-bond donors (Lipinski definition) is 2. The van der Waals surface area contributed by atoms with E-state index < -0.39 is 11.5 Å². The van der Waals surface area contributed by atoms with Gasteiger partial charge < -0.3 is 24.6 Å². The highest BCUT2D eigenvalue weighted by Crippen LogP contribution is 2.50. The smallest absolute Gasteiger partial charge is 0.251 e. The molecule has 0 fully saturated rings. The molecule has 7 heteroatoms. The van der Waals surface area contributed by atoms with Crippen molar-refractivity contribution in [1.82, 2.24) is 5.32 Å². The molecule has 3 aromatic rings. The Morgan fingerprint density at radius 3 is 2.36 bits per heavy atom. The normalized spacial score (nSPS) is 14.3. The molecule has 1 atom stereocenters. The number of nitrogens with one attached hydrogen (secondary N) is 1. The summed E-state index contributed by atoms with van der Waals surface area (Å²) in [7, 11) is 4.62. The molecule has 1 aliphatic rings. The molecule has 0 spiro atoms. The van der Waals surface area contributed by atoms with Crippen LogP contribution in [0.2, 0.25) is 0 Å². The molecule has 0 saturated carbocycles. The molecule has 33 heavy (non-hydrogen) atoms. The lowest BCUT2D eigenvalue weighted by Gasteiger charge is -2.20. The van der Waals surface area contributed by atoms with Crippen LogP contribution in [-0.4, -0.2) is 32.3 Å². The number of hydrogen-bond acceptors (Lipinski definition) is 6. The minimum Gasteiger partial charge on any atom is -0.504 e. The maximum atomic E-state index is 13.0. The maximum absolute atomic E-state index is 13.0. The van der Waals surface area contributed by atoms with Gasteiger partial charge in [0.15, 0.2) is 17.2 Å². The van der Waals surface area contributed by atoms with E-state index in [0.717, 1.165) is 11.1 Å². The Bertz CT molecular complexity index is 1260. The van der Waals surface area contributed by atoms with Gasteiger partial charge in [-0.2, -0.15) is 0 Å². The molecule has 7 nitrogen and oxygen atoms in total. The summed E-state index contributed by atoms with van der Waals surface area (Å²) in [5.41, 5.74) is 2.90. The van der Waals surface area contributed by atoms with Gasteiger partial charge in [0.05, 0.1) is 27.4 Å². The molecule has 0 heterocycles. The summed E-state index contributed by atoms with van der Waals surface area (Å²) in [5.74, 6) is 0.782. The van der Waals surface area contributed by atoms with Crippen molar-refractivity contribution >= 4 is 5.91 Å². The summed E-state index contributed by atoms with van der Waals surface area (Å²) in [6.07, 6.45) is 1.12. The van der Waals surface area contributed by atoms with Gasteiger partial charge in [0.25, 0.3) is 5.91 Å². The lowest BCUT2D eigenvalue weighted by Crippen LogP contribution is -2.29. The molecule has 4 rings (SSSR count). The number of amides is 1. The molecule has 0 unspecified atom stereocenters. The largest absolute Gasteiger partial charge is 0.504 e. The zero-order valence-corrected chi connectivity index (χ0v) is 18.7. The number of carbonyl (C=O) groups is 1. The molecule has 0 aromatic heterocycles. The third-order valence-corrected chi connectivity index (χ3v) is 5.86. The Balaban J connectivity index is 1.94. The predicted octanol–water partition coefficient (Wildman–Crippen LogP) is 3.86. The van der Waals surface area contributed by atoms with E-state index in [-0.39, 0.29) is 11.7 Å². The molecule has 1 amide bonds. The number of ether oxygens (including phenoxy) is 3. The SMILES string of the molecule is COc1cc2c(c(OC)c1OC)-c1ccc(O)c(=O)cc1[C@@H](NC(=O)c1ccccc1)CC2. The van der Waals surface area contributed by atoms with Crippen molar-refractivity contribution in [2.45, 2.75) is 18.9 Å². The van der Waals surface area contributed by atoms with E-state index in [1.54, 1.807) is 37.4 Å². The maximum Gasteiger partial charge on any atom is 0.251 e. The van der Waals surface area contributed by atoms with E-state index >= 15 is 0 Å². The number of aromatic hydroxyl groups is 1. The first-order valence-electron chi connectivity index (χ1n) is 10.5. The highest BCUT2D eigenvalue weighted by atomic mass is 16.5. The lowest BCUT2D eigenvalue weighted by atomic mass is 9.95. The summed E-state index contributed by atoms with van der Waals surface area (Å²) >= 11 is 0. The van der Waals surface area contributed by atoms with E-state index in [9.17, 15) is 14.7 Å². The summed E-state index contributed by atoms with van der Waals surface area (Å²) in [4.78, 5) is 25.5. The van der Waals surface area contributed by atoms with Gasteiger partial charge in [-0.3, -0.25) is 9.59 Å². The van der Waals surface area contributed by atoms with Gasteiger partial charge in [0, 0.05) is 11.1 Å². The van der Waals surface area contributed by atoms with E-state index in [1.807, 2.05) is 12.1 Å². The van der Waals surface area contributed by atoms with Gasteiger partial charge in [-0.25, -0.2) is 0 Å². The number of methoxy groups -OCH3 is 3. The number of rotatable bonds is 5. The lowest BCUT2D eigenvalue weighted by molar-refractivity contribution is 0.0935. The Labute approximate surface area is 191 Å². The van der Waals surface area contributed by atoms with Crippen molar-refractivity contribution in [3.63, 3.8) is 0 Å². The molecule has 0 saturated heterocycles. The molecule has 170 valence electrons. The molecule has 3 aromatic carbocycles. The van der Waals surface area contributed by atoms with Crippen LogP contribution in [0.3, 0.4) is 0 Å². The minimum absolute atomic E-state index is 0.247. The summed E-state index contributed by atoms with van der Waals surface area (Å²) in [6, 6.07) is 14.7. The van der Waals surface area contributed by atoms with E-state index in [2.05, 4.69) is 5.32 Å². The first-order valence-corrected chi connectivity index (χ1v) is 10.5. The minimum atomic E-state index is -0.530. The molecule has 0 radical (unpaired) electrons. The van der Waals surface area contributed by atoms with Crippen molar-refractivity contribution in [3.05, 3.63) is 81.5 Å². The van der Waals surface area contributed by atoms with Gasteiger partial charge in [0.1, 0.15) is 0 Å². The molecule has 0 bridgehead atoms. The van der Waals surface area contributed by atoms with E-state index in [4.69, 9.17) is 14.2 Å². The van der Waals surface area contributed by atoms with Gasteiger partial charge in [0.2, 0.25) is 11.2 Å². The number of benzene rings is 2. The van der Waals surface area contributed by atoms with Crippen LogP contribution < -0.4 is 25.0 Å². The van der Waals surface area contributed by atoms with E-state index in [1.165, 1.54) is 26.4 Å². The number of fused-ring (bicyclic) bond motifs is 3. The van der Waals surface area contributed by atoms with Gasteiger partial charge in [-0.1, -0.05) is 24.3 Å². The Morgan fingerprint density at radius 1 is 0.970 bits per heavy atom. The van der Waals surface area contributed by atoms with Gasteiger partial charge in [-0.15, -0.1) is 0 Å². The second-order valence-electron chi connectivity index (χ2n) is 7.71. The molecule has 1 aliphatic carbocycles. The zero-order valence-electron chi connectivity index (χ0n) is 18.7. The molecular formula is C26H25NO6. The van der Waals surface area contributed by atoms with E-state index in [0.29, 0.717) is 46.8 Å². The van der Waals surface area contributed by atoms with Crippen LogP contribution in [0.4, 0.5) is 0 Å². The highest BCUT2D eigenvalue weighted by Gasteiger charge is 2.29. The van der Waals surface area contributed by atoms with Gasteiger partial charge in [-0.05, 0) is 59.9 Å². The Morgan fingerprint density at radius 2 is 1.70 bits per heavy atom. The van der Waals surface area contributed by atoms with Crippen LogP contribution in [0.5, 0.6) is 23.0 Å².